The van der Waals surface area contributed by atoms with Crippen LogP contribution in [-0.4, -0.2) is 17.7 Å². The molecule has 4 heteroatoms. The Balaban J connectivity index is 3.76. The van der Waals surface area contributed by atoms with E-state index in [2.05, 4.69) is 11.4 Å². The highest BCUT2D eigenvalue weighted by Gasteiger charge is 2.16. The van der Waals surface area contributed by atoms with Crippen LogP contribution in [0.4, 0.5) is 4.79 Å². The lowest BCUT2D eigenvalue weighted by atomic mass is 10.2. The Hall–Kier alpha value is -1.50. The number of nitrogens with zero attached hydrogens (tertiary/aromatic N) is 1. The van der Waals surface area contributed by atoms with E-state index < -0.39 is 11.7 Å². The van der Waals surface area contributed by atoms with Crippen LogP contribution in [0, 0.1) is 11.3 Å². The fourth-order valence-corrected chi connectivity index (χ4v) is 1.31. The molecule has 18 heavy (non-hydrogen) atoms. The van der Waals surface area contributed by atoms with E-state index in [9.17, 15) is 4.79 Å². The molecule has 0 bridgehead atoms. The van der Waals surface area contributed by atoms with Gasteiger partial charge in [0.1, 0.15) is 5.60 Å². The molecule has 0 heterocycles. The van der Waals surface area contributed by atoms with Gasteiger partial charge in [-0.15, -0.1) is 0 Å². The largest absolute Gasteiger partial charge is 0.444 e. The number of hydrogen-bond donors (Lipinski definition) is 1. The van der Waals surface area contributed by atoms with Crippen LogP contribution < -0.4 is 5.32 Å². The minimum absolute atomic E-state index is 0.0455. The van der Waals surface area contributed by atoms with Crippen molar-refractivity contribution in [2.75, 3.05) is 0 Å². The third-order valence-electron chi connectivity index (χ3n) is 2.08. The highest BCUT2D eigenvalue weighted by Crippen LogP contribution is 2.07. The first kappa shape index (κ1) is 16.5. The number of allylic oxidation sites excluding steroid dienone is 1. The van der Waals surface area contributed by atoms with Crippen molar-refractivity contribution < 1.29 is 9.53 Å². The summed E-state index contributed by atoms with van der Waals surface area (Å²) in [6.45, 7) is 7.41. The summed E-state index contributed by atoms with van der Waals surface area (Å²) < 4.78 is 5.15. The SMILES string of the molecule is CC(C=CCCCCC#N)NC(=O)OC(C)(C)C. The Labute approximate surface area is 110 Å². The van der Waals surface area contributed by atoms with Crippen LogP contribution in [0.2, 0.25) is 0 Å². The minimum atomic E-state index is -0.467. The fourth-order valence-electron chi connectivity index (χ4n) is 1.31. The maximum atomic E-state index is 11.4. The molecular formula is C14H24N2O2. The van der Waals surface area contributed by atoms with Gasteiger partial charge in [0.05, 0.1) is 6.07 Å². The topological polar surface area (TPSA) is 62.1 Å². The van der Waals surface area contributed by atoms with Gasteiger partial charge in [-0.3, -0.25) is 0 Å². The number of nitrogens with one attached hydrogen (secondary N) is 1. The number of amides is 1. The number of ether oxygens (including phenoxy) is 1. The van der Waals surface area contributed by atoms with Gasteiger partial charge >= 0.3 is 6.09 Å². The summed E-state index contributed by atoms with van der Waals surface area (Å²) in [4.78, 5) is 11.4. The molecule has 0 aliphatic rings. The van der Waals surface area contributed by atoms with E-state index in [4.69, 9.17) is 10.00 Å². The van der Waals surface area contributed by atoms with E-state index in [1.165, 1.54) is 0 Å². The van der Waals surface area contributed by atoms with E-state index in [1.807, 2.05) is 39.8 Å². The Morgan fingerprint density at radius 1 is 1.44 bits per heavy atom. The lowest BCUT2D eigenvalue weighted by Crippen LogP contribution is -2.36. The predicted octanol–water partition coefficient (Wildman–Crippen LogP) is 3.54. The molecule has 0 saturated carbocycles. The molecule has 4 nitrogen and oxygen atoms in total. The molecule has 1 unspecified atom stereocenters. The van der Waals surface area contributed by atoms with Crippen LogP contribution >= 0.6 is 0 Å². The molecule has 102 valence electrons. The molecule has 0 aromatic heterocycles. The number of carbonyl (C=O) groups excluding carboxylic acids is 1. The van der Waals surface area contributed by atoms with Crippen molar-refractivity contribution in [1.29, 1.82) is 5.26 Å². The maximum absolute atomic E-state index is 11.4. The normalized spacial score (nSPS) is 13.1. The van der Waals surface area contributed by atoms with Gasteiger partial charge in [0.2, 0.25) is 0 Å². The predicted molar refractivity (Wildman–Crippen MR) is 72.1 cm³/mol. The summed E-state index contributed by atoms with van der Waals surface area (Å²) in [5.41, 5.74) is -0.467. The second-order valence-corrected chi connectivity index (χ2v) is 5.27. The highest BCUT2D eigenvalue weighted by molar-refractivity contribution is 5.68. The molecule has 0 spiro atoms. The molecular weight excluding hydrogens is 228 g/mol. The van der Waals surface area contributed by atoms with Crippen LogP contribution in [0.25, 0.3) is 0 Å². The molecule has 0 rings (SSSR count). The third-order valence-corrected chi connectivity index (χ3v) is 2.08. The van der Waals surface area contributed by atoms with Gasteiger partial charge in [-0.1, -0.05) is 12.2 Å². The van der Waals surface area contributed by atoms with Gasteiger partial charge < -0.3 is 10.1 Å². The van der Waals surface area contributed by atoms with Crippen molar-refractivity contribution in [2.24, 2.45) is 0 Å². The molecule has 1 atom stereocenters. The molecule has 0 aromatic rings. The average molecular weight is 252 g/mol. The summed E-state index contributed by atoms with van der Waals surface area (Å²) in [6, 6.07) is 2.07. The summed E-state index contributed by atoms with van der Waals surface area (Å²) in [7, 11) is 0. The Morgan fingerprint density at radius 2 is 2.11 bits per heavy atom. The quantitative estimate of drug-likeness (QED) is 0.581. The number of hydrogen-bond acceptors (Lipinski definition) is 3. The van der Waals surface area contributed by atoms with Crippen molar-refractivity contribution in [3.63, 3.8) is 0 Å². The summed E-state index contributed by atoms with van der Waals surface area (Å²) in [5.74, 6) is 0. The zero-order valence-electron chi connectivity index (χ0n) is 11.8. The standard InChI is InChI=1S/C14H24N2O2/c1-12(10-8-6-5-7-9-11-15)16-13(17)18-14(2,3)4/h8,10,12H,5-7,9H2,1-4H3,(H,16,17). The van der Waals surface area contributed by atoms with Gasteiger partial charge in [-0.25, -0.2) is 4.79 Å². The summed E-state index contributed by atoms with van der Waals surface area (Å²) in [5, 5.41) is 11.1. The highest BCUT2D eigenvalue weighted by atomic mass is 16.6. The van der Waals surface area contributed by atoms with Crippen LogP contribution in [0.3, 0.4) is 0 Å². The van der Waals surface area contributed by atoms with Gasteiger partial charge in [-0.05, 0) is 47.0 Å². The van der Waals surface area contributed by atoms with E-state index in [0.717, 1.165) is 19.3 Å². The average Bonchev–Trinajstić information content (AvgIpc) is 2.20. The minimum Gasteiger partial charge on any atom is -0.444 e. The molecule has 0 aromatic carbocycles. The molecule has 0 radical (unpaired) electrons. The first-order valence-electron chi connectivity index (χ1n) is 6.38. The van der Waals surface area contributed by atoms with Crippen molar-refractivity contribution in [3.8, 4) is 6.07 Å². The van der Waals surface area contributed by atoms with E-state index in [1.54, 1.807) is 0 Å². The molecule has 1 N–H and O–H groups in total. The fraction of sp³-hybridized carbons (Fsp3) is 0.714. The van der Waals surface area contributed by atoms with Crippen molar-refractivity contribution in [2.45, 2.75) is 65.0 Å². The monoisotopic (exact) mass is 252 g/mol. The number of unbranched alkanes of at least 4 members (excludes halogenated alkanes) is 3. The molecule has 0 aliphatic carbocycles. The number of nitriles is 1. The third kappa shape index (κ3) is 11.0. The van der Waals surface area contributed by atoms with E-state index >= 15 is 0 Å². The maximum Gasteiger partial charge on any atom is 0.408 e. The van der Waals surface area contributed by atoms with Crippen molar-refractivity contribution in [3.05, 3.63) is 12.2 Å². The number of rotatable bonds is 6. The Kier molecular flexibility index (Phi) is 7.86. The number of carbonyl (C=O) groups is 1. The first-order chi connectivity index (χ1) is 8.35. The second kappa shape index (κ2) is 8.57. The Morgan fingerprint density at radius 3 is 2.67 bits per heavy atom. The van der Waals surface area contributed by atoms with Crippen LogP contribution in [-0.2, 0) is 4.74 Å². The van der Waals surface area contributed by atoms with E-state index in [0.29, 0.717) is 6.42 Å². The molecule has 1 amide bonds. The Bertz CT molecular complexity index is 311. The summed E-state index contributed by atoms with van der Waals surface area (Å²) >= 11 is 0. The zero-order chi connectivity index (χ0) is 14.0. The van der Waals surface area contributed by atoms with Gasteiger partial charge in [0.25, 0.3) is 0 Å². The smallest absolute Gasteiger partial charge is 0.408 e. The second-order valence-electron chi connectivity index (χ2n) is 5.27. The van der Waals surface area contributed by atoms with Gasteiger partial charge in [-0.2, -0.15) is 5.26 Å². The van der Waals surface area contributed by atoms with Gasteiger partial charge in [0, 0.05) is 12.5 Å². The first-order valence-corrected chi connectivity index (χ1v) is 6.38. The lowest BCUT2D eigenvalue weighted by Gasteiger charge is -2.20. The number of alkyl carbamates (subject to hydrolysis) is 1. The van der Waals surface area contributed by atoms with Crippen LogP contribution in [0.15, 0.2) is 12.2 Å². The zero-order valence-corrected chi connectivity index (χ0v) is 11.8. The summed E-state index contributed by atoms with van der Waals surface area (Å²) in [6.07, 6.45) is 7.04. The van der Waals surface area contributed by atoms with Gasteiger partial charge in [0.15, 0.2) is 0 Å². The molecule has 0 aliphatic heterocycles. The van der Waals surface area contributed by atoms with Crippen LogP contribution in [0.1, 0.15) is 53.4 Å². The molecule has 0 fully saturated rings. The lowest BCUT2D eigenvalue weighted by molar-refractivity contribution is 0.0518. The van der Waals surface area contributed by atoms with Crippen LogP contribution in [0.5, 0.6) is 0 Å². The van der Waals surface area contributed by atoms with Crippen molar-refractivity contribution in [1.82, 2.24) is 5.32 Å². The van der Waals surface area contributed by atoms with Crippen molar-refractivity contribution >= 4 is 6.09 Å². The molecule has 0 saturated heterocycles. The van der Waals surface area contributed by atoms with E-state index in [-0.39, 0.29) is 6.04 Å².